The van der Waals surface area contributed by atoms with E-state index in [0.29, 0.717) is 6.07 Å². The summed E-state index contributed by atoms with van der Waals surface area (Å²) in [6.07, 6.45) is -4.00. The highest BCUT2D eigenvalue weighted by atomic mass is 32.2. The predicted molar refractivity (Wildman–Crippen MR) is 111 cm³/mol. The lowest BCUT2D eigenvalue weighted by Crippen LogP contribution is -2.14. The molecule has 0 atom stereocenters. The molecule has 1 heterocycles. The maximum Gasteiger partial charge on any atom is 0.417 e. The highest BCUT2D eigenvalue weighted by Gasteiger charge is 2.34. The number of pyridine rings is 1. The van der Waals surface area contributed by atoms with Crippen LogP contribution >= 0.6 is 0 Å². The number of hydrogen-bond acceptors (Lipinski definition) is 7. The summed E-state index contributed by atoms with van der Waals surface area (Å²) >= 11 is 0. The molecule has 0 aliphatic heterocycles. The first-order chi connectivity index (χ1) is 16.4. The minimum absolute atomic E-state index is 0.164. The minimum Gasteiger partial charge on any atom is -0.483 e. The zero-order valence-corrected chi connectivity index (χ0v) is 17.9. The number of nitrogens with zero attached hydrogens (tertiary/aromatic N) is 3. The molecule has 0 fully saturated rings. The van der Waals surface area contributed by atoms with Gasteiger partial charge in [0.1, 0.15) is 29.2 Å². The number of anilines is 1. The van der Waals surface area contributed by atoms with E-state index in [1.165, 1.54) is 6.07 Å². The van der Waals surface area contributed by atoms with Crippen molar-refractivity contribution < 1.29 is 40.6 Å². The van der Waals surface area contributed by atoms with E-state index in [4.69, 9.17) is 19.9 Å². The third-order valence-electron chi connectivity index (χ3n) is 3.99. The Kier molecular flexibility index (Phi) is 8.31. The summed E-state index contributed by atoms with van der Waals surface area (Å²) in [4.78, 5) is 11.6. The Labute approximate surface area is 195 Å². The minimum atomic E-state index is -4.81. The summed E-state index contributed by atoms with van der Waals surface area (Å²) in [7, 11) is -4.21. The van der Waals surface area contributed by atoms with Gasteiger partial charge in [0.25, 0.3) is 16.5 Å². The zero-order chi connectivity index (χ0) is 26.2. The van der Waals surface area contributed by atoms with Gasteiger partial charge in [-0.25, -0.2) is 17.8 Å². The average molecular weight is 508 g/mol. The highest BCUT2D eigenvalue weighted by Crippen LogP contribution is 2.36. The lowest BCUT2D eigenvalue weighted by atomic mass is 10.1. The number of aromatic nitrogens is 1. The van der Waals surface area contributed by atoms with Gasteiger partial charge in [-0.2, -0.15) is 23.7 Å². The van der Waals surface area contributed by atoms with E-state index in [9.17, 15) is 31.2 Å². The first-order valence-corrected chi connectivity index (χ1v) is 10.5. The summed E-state index contributed by atoms with van der Waals surface area (Å²) < 4.78 is 84.7. The molecule has 0 radical (unpaired) electrons. The normalized spacial score (nSPS) is 10.7. The van der Waals surface area contributed by atoms with Crippen LogP contribution in [-0.4, -0.2) is 25.0 Å². The van der Waals surface area contributed by atoms with Gasteiger partial charge in [0.05, 0.1) is 33.9 Å². The van der Waals surface area contributed by atoms with Crippen molar-refractivity contribution in [2.24, 2.45) is 0 Å². The lowest BCUT2D eigenvalue weighted by Gasteiger charge is -2.13. The third kappa shape index (κ3) is 6.89. The van der Waals surface area contributed by atoms with Crippen LogP contribution in [0.15, 0.2) is 59.6 Å². The topological polar surface area (TPSA) is 153 Å². The third-order valence-corrected chi connectivity index (χ3v) is 5.35. The molecule has 0 unspecified atom stereocenters. The Morgan fingerprint density at radius 2 is 1.69 bits per heavy atom. The molecule has 0 spiro atoms. The van der Waals surface area contributed by atoms with Gasteiger partial charge in [0.15, 0.2) is 0 Å². The second kappa shape index (κ2) is 11.0. The summed E-state index contributed by atoms with van der Waals surface area (Å²) in [5, 5.41) is 25.1. The van der Waals surface area contributed by atoms with E-state index in [1.54, 1.807) is 6.07 Å². The molecule has 3 aromatic rings. The van der Waals surface area contributed by atoms with Crippen LogP contribution in [0.1, 0.15) is 16.7 Å². The molecule has 0 aliphatic rings. The quantitative estimate of drug-likeness (QED) is 0.383. The second-order valence-corrected chi connectivity index (χ2v) is 7.94. The van der Waals surface area contributed by atoms with Gasteiger partial charge in [-0.15, -0.1) is 0 Å². The molecule has 180 valence electrons. The van der Waals surface area contributed by atoms with Gasteiger partial charge < -0.3 is 9.84 Å². The Balaban J connectivity index is 0.00000137. The van der Waals surface area contributed by atoms with Crippen LogP contribution in [0, 0.1) is 28.5 Å². The monoisotopic (exact) mass is 508 g/mol. The zero-order valence-electron chi connectivity index (χ0n) is 17.1. The molecule has 1 aromatic heterocycles. The average Bonchev–Trinajstić information content (AvgIpc) is 2.80. The van der Waals surface area contributed by atoms with E-state index < -0.39 is 33.1 Å². The number of benzene rings is 2. The van der Waals surface area contributed by atoms with Gasteiger partial charge in [0, 0.05) is 0 Å². The largest absolute Gasteiger partial charge is 0.483 e. The SMILES string of the molecule is N#Cc1cc(S(=O)(=O)Nc2ccc(F)cn2)ccc1Oc1ccc(C#N)c(C(F)(F)F)c1.O=CO. The smallest absolute Gasteiger partial charge is 0.417 e. The van der Waals surface area contributed by atoms with Crippen LogP contribution < -0.4 is 9.46 Å². The van der Waals surface area contributed by atoms with Gasteiger partial charge in [-0.05, 0) is 48.5 Å². The van der Waals surface area contributed by atoms with Gasteiger partial charge >= 0.3 is 6.18 Å². The van der Waals surface area contributed by atoms with Gasteiger partial charge in [-0.1, -0.05) is 0 Å². The van der Waals surface area contributed by atoms with E-state index in [2.05, 4.69) is 9.71 Å². The Morgan fingerprint density at radius 1 is 1.03 bits per heavy atom. The molecular weight excluding hydrogens is 496 g/mol. The molecule has 0 amide bonds. The molecule has 3 rings (SSSR count). The summed E-state index contributed by atoms with van der Waals surface area (Å²) in [6, 6.07) is 11.0. The van der Waals surface area contributed by atoms with Crippen LogP contribution in [0.4, 0.5) is 23.4 Å². The summed E-state index contributed by atoms with van der Waals surface area (Å²) in [5.74, 6) is -1.35. The van der Waals surface area contributed by atoms with E-state index in [1.807, 2.05) is 0 Å². The number of halogens is 4. The number of nitriles is 2. The maximum atomic E-state index is 13.1. The number of sulfonamides is 1. The molecule has 9 nitrogen and oxygen atoms in total. The van der Waals surface area contributed by atoms with Crippen molar-refractivity contribution in [3.8, 4) is 23.6 Å². The first kappa shape index (κ1) is 26.6. The number of hydrogen-bond donors (Lipinski definition) is 2. The van der Waals surface area contributed by atoms with E-state index in [0.717, 1.165) is 48.7 Å². The van der Waals surface area contributed by atoms with Crippen LogP contribution in [0.2, 0.25) is 0 Å². The molecular formula is C21H12F4N4O5S. The number of alkyl halides is 3. The Bertz CT molecular complexity index is 1410. The van der Waals surface area contributed by atoms with Crippen LogP contribution in [-0.2, 0) is 21.0 Å². The molecule has 14 heteroatoms. The summed E-state index contributed by atoms with van der Waals surface area (Å²) in [5.41, 5.74) is -2.10. The van der Waals surface area contributed by atoms with Crippen LogP contribution in [0.25, 0.3) is 0 Å². The van der Waals surface area contributed by atoms with Gasteiger partial charge in [0.2, 0.25) is 0 Å². The van der Waals surface area contributed by atoms with Crippen molar-refractivity contribution in [2.45, 2.75) is 11.1 Å². The second-order valence-electron chi connectivity index (χ2n) is 6.26. The van der Waals surface area contributed by atoms with Crippen molar-refractivity contribution >= 4 is 22.3 Å². The molecule has 0 saturated carbocycles. The fraction of sp³-hybridized carbons (Fsp3) is 0.0476. The first-order valence-electron chi connectivity index (χ1n) is 9.00. The van der Waals surface area contributed by atoms with Crippen molar-refractivity contribution in [1.29, 1.82) is 10.5 Å². The fourth-order valence-corrected chi connectivity index (χ4v) is 3.57. The lowest BCUT2D eigenvalue weighted by molar-refractivity contribution is -0.137. The van der Waals surface area contributed by atoms with Crippen LogP contribution in [0.5, 0.6) is 11.5 Å². The number of rotatable bonds is 5. The van der Waals surface area contributed by atoms with Crippen molar-refractivity contribution in [3.63, 3.8) is 0 Å². The number of nitrogens with one attached hydrogen (secondary N) is 1. The predicted octanol–water partition coefficient (Wildman–Crippen LogP) is 4.28. The number of carbonyl (C=O) groups is 1. The number of ether oxygens (including phenoxy) is 1. The van der Waals surface area contributed by atoms with E-state index in [-0.39, 0.29) is 34.2 Å². The van der Waals surface area contributed by atoms with Crippen LogP contribution in [0.3, 0.4) is 0 Å². The maximum absolute atomic E-state index is 13.1. The fourth-order valence-electron chi connectivity index (χ4n) is 2.53. The molecule has 0 aliphatic carbocycles. The molecule has 2 aromatic carbocycles. The summed E-state index contributed by atoms with van der Waals surface area (Å²) in [6.45, 7) is -0.250. The molecule has 2 N–H and O–H groups in total. The number of carboxylic acid groups (broad SMARTS) is 1. The molecule has 0 saturated heterocycles. The van der Waals surface area contributed by atoms with Crippen molar-refractivity contribution in [3.05, 3.63) is 77.2 Å². The van der Waals surface area contributed by atoms with Crippen molar-refractivity contribution in [1.82, 2.24) is 4.98 Å². The van der Waals surface area contributed by atoms with Gasteiger partial charge in [-0.3, -0.25) is 9.52 Å². The molecule has 35 heavy (non-hydrogen) atoms. The van der Waals surface area contributed by atoms with Crippen molar-refractivity contribution in [2.75, 3.05) is 4.72 Å². The standard InChI is InChI=1S/C20H10F4N4O3S.CH2O2/c21-14-2-6-19(27-11-14)28-32(29,30)16-4-5-18(13(7-16)10-26)31-15-3-1-12(9-25)17(8-15)20(22,23)24;2-1-3/h1-8,11H,(H,27,28);1H,(H,2,3). The Morgan fingerprint density at radius 3 is 2.23 bits per heavy atom. The van der Waals surface area contributed by atoms with E-state index >= 15 is 0 Å². The molecule has 0 bridgehead atoms. The Hall–Kier alpha value is -4.69. The highest BCUT2D eigenvalue weighted by molar-refractivity contribution is 7.92.